The number of carboxylic acids is 1. The lowest BCUT2D eigenvalue weighted by molar-refractivity contribution is -0.137. The molecule has 0 unspecified atom stereocenters. The summed E-state index contributed by atoms with van der Waals surface area (Å²) < 4.78 is 1.95. The fraction of sp³-hybridized carbons (Fsp3) is 0.636. The predicted octanol–water partition coefficient (Wildman–Crippen LogP) is 1.11. The number of imidazole rings is 1. The smallest absolute Gasteiger partial charge is 0.304 e. The molecule has 1 aromatic rings. The summed E-state index contributed by atoms with van der Waals surface area (Å²) >= 11 is 0. The van der Waals surface area contributed by atoms with Crippen LogP contribution in [0.1, 0.15) is 26.1 Å². The molecule has 1 rings (SSSR count). The second kappa shape index (κ2) is 5.65. The first-order valence-corrected chi connectivity index (χ1v) is 5.42. The second-order valence-corrected chi connectivity index (χ2v) is 4.16. The van der Waals surface area contributed by atoms with Crippen molar-refractivity contribution in [3.05, 3.63) is 18.2 Å². The average Bonchev–Trinajstić information content (AvgIpc) is 2.58. The van der Waals surface area contributed by atoms with E-state index < -0.39 is 5.97 Å². The number of rotatable bonds is 6. The van der Waals surface area contributed by atoms with Gasteiger partial charge in [-0.2, -0.15) is 0 Å². The van der Waals surface area contributed by atoms with Gasteiger partial charge in [0.15, 0.2) is 0 Å². The minimum Gasteiger partial charge on any atom is -0.481 e. The standard InChI is InChI=1S/C11H19N3O2/c1-9(2)14(6-4-11(15)16)8-10-12-5-7-13(10)3/h5,7,9H,4,6,8H2,1-3H3,(H,15,16). The van der Waals surface area contributed by atoms with Crippen molar-refractivity contribution in [2.75, 3.05) is 6.54 Å². The molecular formula is C11H19N3O2. The lowest BCUT2D eigenvalue weighted by Gasteiger charge is -2.25. The van der Waals surface area contributed by atoms with Gasteiger partial charge >= 0.3 is 5.97 Å². The van der Waals surface area contributed by atoms with Gasteiger partial charge in [0.1, 0.15) is 5.82 Å². The van der Waals surface area contributed by atoms with Crippen molar-refractivity contribution >= 4 is 5.97 Å². The number of nitrogens with zero attached hydrogens (tertiary/aromatic N) is 3. The van der Waals surface area contributed by atoms with Gasteiger partial charge in [0.2, 0.25) is 0 Å². The van der Waals surface area contributed by atoms with E-state index in [1.165, 1.54) is 0 Å². The maximum atomic E-state index is 10.5. The molecule has 0 aliphatic heterocycles. The minimum atomic E-state index is -0.759. The van der Waals surface area contributed by atoms with Gasteiger partial charge in [-0.3, -0.25) is 9.69 Å². The summed E-state index contributed by atoms with van der Waals surface area (Å²) in [6.45, 7) is 5.36. The van der Waals surface area contributed by atoms with Gasteiger partial charge in [0.25, 0.3) is 0 Å². The van der Waals surface area contributed by atoms with E-state index in [2.05, 4.69) is 23.7 Å². The Hall–Kier alpha value is -1.36. The van der Waals surface area contributed by atoms with Crippen LogP contribution in [0.2, 0.25) is 0 Å². The normalized spacial score (nSPS) is 11.3. The first-order chi connectivity index (χ1) is 7.50. The lowest BCUT2D eigenvalue weighted by atomic mass is 10.3. The molecule has 90 valence electrons. The summed E-state index contributed by atoms with van der Waals surface area (Å²) in [5.74, 6) is 0.199. The Morgan fingerprint density at radius 3 is 2.75 bits per heavy atom. The van der Waals surface area contributed by atoms with Crippen LogP contribution in [-0.2, 0) is 18.4 Å². The van der Waals surface area contributed by atoms with Crippen molar-refractivity contribution in [3.8, 4) is 0 Å². The Kier molecular flexibility index (Phi) is 4.49. The minimum absolute atomic E-state index is 0.169. The van der Waals surface area contributed by atoms with Crippen LogP contribution in [0, 0.1) is 0 Å². The number of carbonyl (C=O) groups is 1. The molecule has 0 amide bonds. The third kappa shape index (κ3) is 3.66. The SMILES string of the molecule is CC(C)N(CCC(=O)O)Cc1nccn1C. The van der Waals surface area contributed by atoms with Crippen molar-refractivity contribution in [1.29, 1.82) is 0 Å². The Morgan fingerprint density at radius 1 is 1.62 bits per heavy atom. The van der Waals surface area contributed by atoms with Crippen molar-refractivity contribution in [2.45, 2.75) is 32.9 Å². The van der Waals surface area contributed by atoms with Crippen molar-refractivity contribution in [1.82, 2.24) is 14.5 Å². The van der Waals surface area contributed by atoms with Crippen LogP contribution < -0.4 is 0 Å². The summed E-state index contributed by atoms with van der Waals surface area (Å²) in [5.41, 5.74) is 0. The van der Waals surface area contributed by atoms with Crippen LogP contribution in [0.25, 0.3) is 0 Å². The fourth-order valence-corrected chi connectivity index (χ4v) is 1.49. The number of hydrogen-bond acceptors (Lipinski definition) is 3. The maximum absolute atomic E-state index is 10.5. The van der Waals surface area contributed by atoms with Gasteiger partial charge in [-0.05, 0) is 13.8 Å². The van der Waals surface area contributed by atoms with E-state index in [4.69, 9.17) is 5.11 Å². The second-order valence-electron chi connectivity index (χ2n) is 4.16. The summed E-state index contributed by atoms with van der Waals surface area (Å²) in [7, 11) is 1.94. The first-order valence-electron chi connectivity index (χ1n) is 5.42. The number of aryl methyl sites for hydroxylation is 1. The molecule has 0 bridgehead atoms. The zero-order valence-corrected chi connectivity index (χ0v) is 10.1. The van der Waals surface area contributed by atoms with Crippen molar-refractivity contribution < 1.29 is 9.90 Å². The third-order valence-electron chi connectivity index (χ3n) is 2.61. The zero-order valence-electron chi connectivity index (χ0n) is 10.1. The van der Waals surface area contributed by atoms with Gasteiger partial charge in [-0.1, -0.05) is 0 Å². The van der Waals surface area contributed by atoms with Gasteiger partial charge in [-0.25, -0.2) is 4.98 Å². The number of aliphatic carboxylic acids is 1. The first kappa shape index (κ1) is 12.7. The summed E-state index contributed by atoms with van der Waals surface area (Å²) in [6, 6.07) is 0.316. The van der Waals surface area contributed by atoms with Crippen LogP contribution in [0.15, 0.2) is 12.4 Å². The molecule has 0 saturated heterocycles. The Labute approximate surface area is 95.7 Å². The molecule has 5 nitrogen and oxygen atoms in total. The highest BCUT2D eigenvalue weighted by Crippen LogP contribution is 2.06. The molecule has 5 heteroatoms. The van der Waals surface area contributed by atoms with E-state index in [1.54, 1.807) is 6.20 Å². The molecule has 0 aromatic carbocycles. The molecule has 0 saturated carbocycles. The molecule has 0 aliphatic rings. The highest BCUT2D eigenvalue weighted by atomic mass is 16.4. The van der Waals surface area contributed by atoms with Gasteiger partial charge in [-0.15, -0.1) is 0 Å². The molecule has 1 N–H and O–H groups in total. The molecule has 16 heavy (non-hydrogen) atoms. The van der Waals surface area contributed by atoms with E-state index in [9.17, 15) is 4.79 Å². The summed E-state index contributed by atoms with van der Waals surface area (Å²) in [5, 5.41) is 8.68. The monoisotopic (exact) mass is 225 g/mol. The van der Waals surface area contributed by atoms with Gasteiger partial charge in [0.05, 0.1) is 13.0 Å². The van der Waals surface area contributed by atoms with E-state index in [1.807, 2.05) is 17.8 Å². The van der Waals surface area contributed by atoms with Crippen LogP contribution >= 0.6 is 0 Å². The number of carboxylic acid groups (broad SMARTS) is 1. The maximum Gasteiger partial charge on any atom is 0.304 e. The summed E-state index contributed by atoms with van der Waals surface area (Å²) in [4.78, 5) is 16.9. The molecule has 1 aromatic heterocycles. The van der Waals surface area contributed by atoms with Crippen LogP contribution in [0.3, 0.4) is 0 Å². The Balaban J connectivity index is 2.58. The van der Waals surface area contributed by atoms with E-state index in [0.29, 0.717) is 19.1 Å². The van der Waals surface area contributed by atoms with Crippen molar-refractivity contribution in [3.63, 3.8) is 0 Å². The average molecular weight is 225 g/mol. The molecular weight excluding hydrogens is 206 g/mol. The van der Waals surface area contributed by atoms with Crippen LogP contribution in [-0.4, -0.2) is 38.1 Å². The van der Waals surface area contributed by atoms with E-state index in [0.717, 1.165) is 5.82 Å². The highest BCUT2D eigenvalue weighted by molar-refractivity contribution is 5.66. The molecule has 0 fully saturated rings. The molecule has 0 radical (unpaired) electrons. The molecule has 0 aliphatic carbocycles. The quantitative estimate of drug-likeness (QED) is 0.787. The van der Waals surface area contributed by atoms with Gasteiger partial charge in [0, 0.05) is 32.0 Å². The Morgan fingerprint density at radius 2 is 2.31 bits per heavy atom. The molecule has 0 spiro atoms. The lowest BCUT2D eigenvalue weighted by Crippen LogP contribution is -2.33. The van der Waals surface area contributed by atoms with Crippen molar-refractivity contribution in [2.24, 2.45) is 7.05 Å². The fourth-order valence-electron chi connectivity index (χ4n) is 1.49. The van der Waals surface area contributed by atoms with E-state index in [-0.39, 0.29) is 6.42 Å². The Bertz CT molecular complexity index is 347. The number of aromatic nitrogens is 2. The largest absolute Gasteiger partial charge is 0.481 e. The van der Waals surface area contributed by atoms with Crippen LogP contribution in [0.4, 0.5) is 0 Å². The van der Waals surface area contributed by atoms with Gasteiger partial charge < -0.3 is 9.67 Å². The van der Waals surface area contributed by atoms with E-state index >= 15 is 0 Å². The van der Waals surface area contributed by atoms with Crippen LogP contribution in [0.5, 0.6) is 0 Å². The number of hydrogen-bond donors (Lipinski definition) is 1. The topological polar surface area (TPSA) is 58.4 Å². The molecule has 1 heterocycles. The predicted molar refractivity (Wildman–Crippen MR) is 61.0 cm³/mol. The summed E-state index contributed by atoms with van der Waals surface area (Å²) in [6.07, 6.45) is 3.82. The zero-order chi connectivity index (χ0) is 12.1. The highest BCUT2D eigenvalue weighted by Gasteiger charge is 2.13. The third-order valence-corrected chi connectivity index (χ3v) is 2.61. The molecule has 0 atom stereocenters.